The normalized spacial score (nSPS) is 9.68. The van der Waals surface area contributed by atoms with Gasteiger partial charge in [0.25, 0.3) is 0 Å². The summed E-state index contributed by atoms with van der Waals surface area (Å²) >= 11 is 5.74. The molecule has 7 heteroatoms. The van der Waals surface area contributed by atoms with Crippen molar-refractivity contribution in [2.75, 3.05) is 0 Å². The lowest BCUT2D eigenvalue weighted by Gasteiger charge is -2.07. The number of benzene rings is 1. The number of hydrogen-bond acceptors (Lipinski definition) is 5. The Labute approximate surface area is 112 Å². The first-order chi connectivity index (χ1) is 9.11. The van der Waals surface area contributed by atoms with E-state index in [1.807, 2.05) is 6.07 Å². The van der Waals surface area contributed by atoms with Crippen molar-refractivity contribution in [3.63, 3.8) is 0 Å². The van der Waals surface area contributed by atoms with Gasteiger partial charge in [0, 0.05) is 0 Å². The van der Waals surface area contributed by atoms with Crippen LogP contribution < -0.4 is 4.74 Å². The molecule has 0 fully saturated rings. The Bertz CT molecular complexity index is 682. The topological polar surface area (TPSA) is 96.1 Å². The van der Waals surface area contributed by atoms with Crippen molar-refractivity contribution in [2.24, 2.45) is 0 Å². The number of aromatic nitrogens is 2. The maximum absolute atomic E-state index is 10.9. The Kier molecular flexibility index (Phi) is 3.59. The van der Waals surface area contributed by atoms with Crippen molar-refractivity contribution in [3.8, 4) is 17.7 Å². The number of hydrogen-bond donors (Lipinski definition) is 1. The highest BCUT2D eigenvalue weighted by molar-refractivity contribution is 6.33. The zero-order valence-corrected chi connectivity index (χ0v) is 10.1. The van der Waals surface area contributed by atoms with Crippen LogP contribution in [-0.4, -0.2) is 21.0 Å². The van der Waals surface area contributed by atoms with Crippen LogP contribution in [0.25, 0.3) is 0 Å². The second-order valence-electron chi connectivity index (χ2n) is 3.40. The highest BCUT2D eigenvalue weighted by Crippen LogP contribution is 2.26. The number of carboxylic acids is 1. The van der Waals surface area contributed by atoms with Crippen LogP contribution in [0.1, 0.15) is 15.9 Å². The molecular formula is C12H6ClN3O3. The maximum Gasteiger partial charge on any atom is 0.337 e. The summed E-state index contributed by atoms with van der Waals surface area (Å²) in [5, 5.41) is 17.9. The summed E-state index contributed by atoms with van der Waals surface area (Å²) in [6.45, 7) is 0. The summed E-state index contributed by atoms with van der Waals surface area (Å²) in [6, 6.07) is 6.01. The summed E-state index contributed by atoms with van der Waals surface area (Å²) in [4.78, 5) is 18.4. The fraction of sp³-hybridized carbons (Fsp3) is 0. The smallest absolute Gasteiger partial charge is 0.337 e. The van der Waals surface area contributed by atoms with Gasteiger partial charge in [-0.2, -0.15) is 5.26 Å². The molecule has 0 aliphatic rings. The fourth-order valence-electron chi connectivity index (χ4n) is 1.32. The Hall–Kier alpha value is -2.65. The number of halogens is 1. The molecule has 0 aliphatic heterocycles. The van der Waals surface area contributed by atoms with Gasteiger partial charge in [-0.1, -0.05) is 11.6 Å². The average molecular weight is 276 g/mol. The van der Waals surface area contributed by atoms with Crippen molar-refractivity contribution in [1.82, 2.24) is 9.97 Å². The Morgan fingerprint density at radius 2 is 2.26 bits per heavy atom. The molecule has 0 radical (unpaired) electrons. The number of ether oxygens (including phenoxy) is 1. The zero-order chi connectivity index (χ0) is 13.8. The molecule has 0 unspecified atom stereocenters. The van der Waals surface area contributed by atoms with E-state index in [0.717, 1.165) is 0 Å². The molecular weight excluding hydrogens is 270 g/mol. The van der Waals surface area contributed by atoms with Gasteiger partial charge < -0.3 is 9.84 Å². The molecule has 19 heavy (non-hydrogen) atoms. The molecule has 0 amide bonds. The van der Waals surface area contributed by atoms with Crippen LogP contribution >= 0.6 is 11.6 Å². The third kappa shape index (κ3) is 2.78. The molecule has 2 rings (SSSR count). The Morgan fingerprint density at radius 1 is 1.47 bits per heavy atom. The third-order valence-electron chi connectivity index (χ3n) is 2.18. The van der Waals surface area contributed by atoms with E-state index in [1.54, 1.807) is 0 Å². The summed E-state index contributed by atoms with van der Waals surface area (Å²) in [5.41, 5.74) is 0.0565. The number of carbonyl (C=O) groups is 1. The van der Waals surface area contributed by atoms with Gasteiger partial charge in [-0.25, -0.2) is 14.8 Å². The minimum Gasteiger partial charge on any atom is -0.478 e. The molecule has 0 saturated heterocycles. The number of nitriles is 1. The summed E-state index contributed by atoms with van der Waals surface area (Å²) < 4.78 is 5.35. The molecule has 0 bridgehead atoms. The fourth-order valence-corrected chi connectivity index (χ4v) is 1.52. The highest BCUT2D eigenvalue weighted by atomic mass is 35.5. The van der Waals surface area contributed by atoms with Crippen molar-refractivity contribution >= 4 is 17.6 Å². The predicted octanol–water partition coefficient (Wildman–Crippen LogP) is 2.49. The minimum atomic E-state index is -1.17. The number of aromatic carboxylic acids is 1. The third-order valence-corrected chi connectivity index (χ3v) is 2.51. The van der Waals surface area contributed by atoms with Crippen LogP contribution in [0.15, 0.2) is 30.7 Å². The average Bonchev–Trinajstić information content (AvgIpc) is 2.41. The second kappa shape index (κ2) is 5.33. The molecule has 94 valence electrons. The summed E-state index contributed by atoms with van der Waals surface area (Å²) in [6.07, 6.45) is 2.53. The largest absolute Gasteiger partial charge is 0.478 e. The Balaban J connectivity index is 2.37. The van der Waals surface area contributed by atoms with Gasteiger partial charge in [-0.3, -0.25) is 0 Å². The lowest BCUT2D eigenvalue weighted by molar-refractivity contribution is 0.0696. The lowest BCUT2D eigenvalue weighted by atomic mass is 10.2. The second-order valence-corrected chi connectivity index (χ2v) is 3.81. The monoisotopic (exact) mass is 275 g/mol. The van der Waals surface area contributed by atoms with Crippen LogP contribution in [0, 0.1) is 11.3 Å². The van der Waals surface area contributed by atoms with E-state index in [4.69, 9.17) is 26.7 Å². The molecule has 1 aromatic heterocycles. The molecule has 1 heterocycles. The standard InChI is InChI=1S/C12H6ClN3O3/c13-10-2-1-8(3-9(10)12(17)18)19-11-7(4-14)5-15-6-16-11/h1-3,5-6H,(H,17,18). The lowest BCUT2D eigenvalue weighted by Crippen LogP contribution is -1.99. The molecule has 0 spiro atoms. The van der Waals surface area contributed by atoms with Crippen molar-refractivity contribution in [2.45, 2.75) is 0 Å². The summed E-state index contributed by atoms with van der Waals surface area (Å²) in [5.74, 6) is -0.896. The predicted molar refractivity (Wildman–Crippen MR) is 65.2 cm³/mol. The summed E-state index contributed by atoms with van der Waals surface area (Å²) in [7, 11) is 0. The van der Waals surface area contributed by atoms with Crippen molar-refractivity contribution < 1.29 is 14.6 Å². The van der Waals surface area contributed by atoms with E-state index in [0.29, 0.717) is 0 Å². The molecule has 1 aromatic carbocycles. The molecule has 0 saturated carbocycles. The van der Waals surface area contributed by atoms with E-state index in [2.05, 4.69) is 9.97 Å². The van der Waals surface area contributed by atoms with Crippen LogP contribution in [-0.2, 0) is 0 Å². The van der Waals surface area contributed by atoms with Crippen LogP contribution in [0.4, 0.5) is 0 Å². The first-order valence-electron chi connectivity index (χ1n) is 5.02. The molecule has 2 aromatic rings. The molecule has 6 nitrogen and oxygen atoms in total. The van der Waals surface area contributed by atoms with Gasteiger partial charge in [-0.05, 0) is 18.2 Å². The minimum absolute atomic E-state index is 0.0520. The van der Waals surface area contributed by atoms with E-state index in [9.17, 15) is 4.79 Å². The van der Waals surface area contributed by atoms with Gasteiger partial charge in [-0.15, -0.1) is 0 Å². The van der Waals surface area contributed by atoms with E-state index >= 15 is 0 Å². The quantitative estimate of drug-likeness (QED) is 0.924. The Morgan fingerprint density at radius 3 is 2.95 bits per heavy atom. The van der Waals surface area contributed by atoms with Gasteiger partial charge in [0.05, 0.1) is 16.8 Å². The molecule has 1 N–H and O–H groups in total. The van der Waals surface area contributed by atoms with Crippen LogP contribution in [0.5, 0.6) is 11.6 Å². The van der Waals surface area contributed by atoms with E-state index < -0.39 is 5.97 Å². The number of rotatable bonds is 3. The van der Waals surface area contributed by atoms with Crippen molar-refractivity contribution in [3.05, 3.63) is 46.9 Å². The first-order valence-corrected chi connectivity index (χ1v) is 5.40. The van der Waals surface area contributed by atoms with E-state index in [-0.39, 0.29) is 27.8 Å². The van der Waals surface area contributed by atoms with Crippen LogP contribution in [0.2, 0.25) is 5.02 Å². The first kappa shape index (κ1) is 12.8. The maximum atomic E-state index is 10.9. The van der Waals surface area contributed by atoms with Gasteiger partial charge in [0.2, 0.25) is 5.88 Å². The molecule has 0 atom stereocenters. The van der Waals surface area contributed by atoms with Gasteiger partial charge in [0.1, 0.15) is 23.7 Å². The number of nitrogens with zero attached hydrogens (tertiary/aromatic N) is 3. The van der Waals surface area contributed by atoms with Crippen LogP contribution in [0.3, 0.4) is 0 Å². The van der Waals surface area contributed by atoms with Gasteiger partial charge in [0.15, 0.2) is 0 Å². The highest BCUT2D eigenvalue weighted by Gasteiger charge is 2.12. The van der Waals surface area contributed by atoms with Gasteiger partial charge >= 0.3 is 5.97 Å². The SMILES string of the molecule is N#Cc1cncnc1Oc1ccc(Cl)c(C(=O)O)c1. The van der Waals surface area contributed by atoms with Crippen molar-refractivity contribution in [1.29, 1.82) is 5.26 Å². The molecule has 0 aliphatic carbocycles. The zero-order valence-electron chi connectivity index (χ0n) is 9.37. The van der Waals surface area contributed by atoms with E-state index in [1.165, 1.54) is 30.7 Å². The number of carboxylic acid groups (broad SMARTS) is 1.